The summed E-state index contributed by atoms with van der Waals surface area (Å²) in [6.07, 6.45) is 5.21. The molecule has 0 saturated carbocycles. The summed E-state index contributed by atoms with van der Waals surface area (Å²) in [7, 11) is -3.16. The van der Waals surface area contributed by atoms with E-state index in [1.807, 2.05) is 0 Å². The summed E-state index contributed by atoms with van der Waals surface area (Å²) in [5, 5.41) is 2.64. The van der Waals surface area contributed by atoms with Crippen LogP contribution in [0.1, 0.15) is 49.0 Å². The third-order valence-electron chi connectivity index (χ3n) is 3.50. The van der Waals surface area contributed by atoms with Crippen LogP contribution in [-0.2, 0) is 22.7 Å². The van der Waals surface area contributed by atoms with Crippen molar-refractivity contribution in [1.29, 1.82) is 0 Å². The molecule has 0 aromatic carbocycles. The predicted octanol–water partition coefficient (Wildman–Crippen LogP) is 1.89. The maximum absolute atomic E-state index is 11.7. The van der Waals surface area contributed by atoms with Crippen LogP contribution in [0, 0.1) is 0 Å². The average Bonchev–Trinajstić information content (AvgIpc) is 2.81. The van der Waals surface area contributed by atoms with Crippen LogP contribution >= 0.6 is 0 Å². The minimum absolute atomic E-state index is 0.418. The number of aromatic nitrogens is 2. The molecule has 1 heterocycles. The fraction of sp³-hybridized carbons (Fsp3) is 0.692. The summed E-state index contributed by atoms with van der Waals surface area (Å²) in [4.78, 5) is 8.90. The van der Waals surface area contributed by atoms with Crippen molar-refractivity contribution in [2.24, 2.45) is 0 Å². The molecule has 1 aromatic rings. The minimum atomic E-state index is -3.16. The number of anilines is 1. The number of hydrogen-bond donors (Lipinski definition) is 1. The lowest BCUT2D eigenvalue weighted by Gasteiger charge is -2.14. The summed E-state index contributed by atoms with van der Waals surface area (Å²) in [6.45, 7) is 4.58. The highest BCUT2D eigenvalue weighted by Gasteiger charge is 2.25. The van der Waals surface area contributed by atoms with Gasteiger partial charge in [0.2, 0.25) is 0 Å². The highest BCUT2D eigenvalue weighted by atomic mass is 32.2. The van der Waals surface area contributed by atoms with Gasteiger partial charge in [-0.2, -0.15) is 0 Å². The van der Waals surface area contributed by atoms with Crippen molar-refractivity contribution in [1.82, 2.24) is 9.97 Å². The molecule has 1 aromatic heterocycles. The zero-order valence-corrected chi connectivity index (χ0v) is 12.5. The second-order valence-corrected chi connectivity index (χ2v) is 7.47. The number of rotatable bonds is 5. The lowest BCUT2D eigenvalue weighted by molar-refractivity contribution is 0.589. The molecule has 0 spiro atoms. The van der Waals surface area contributed by atoms with E-state index < -0.39 is 15.1 Å². The van der Waals surface area contributed by atoms with Gasteiger partial charge in [-0.15, -0.1) is 0 Å². The zero-order valence-electron chi connectivity index (χ0n) is 11.7. The molecule has 0 aliphatic heterocycles. The summed E-state index contributed by atoms with van der Waals surface area (Å²) < 4.78 is 23.3. The van der Waals surface area contributed by atoms with E-state index in [1.165, 1.54) is 6.26 Å². The maximum atomic E-state index is 11.7. The Morgan fingerprint density at radius 2 is 2.05 bits per heavy atom. The highest BCUT2D eigenvalue weighted by molar-refractivity contribution is 7.90. The smallest absolute Gasteiger partial charge is 0.157 e. The fourth-order valence-electron chi connectivity index (χ4n) is 2.21. The third kappa shape index (κ3) is 3.05. The first-order valence-electron chi connectivity index (χ1n) is 6.76. The van der Waals surface area contributed by atoms with Gasteiger partial charge < -0.3 is 5.32 Å². The van der Waals surface area contributed by atoms with Gasteiger partial charge in [-0.25, -0.2) is 18.4 Å². The number of nitrogens with zero attached hydrogens (tertiary/aromatic N) is 2. The number of nitrogens with one attached hydrogen (secondary N) is 1. The van der Waals surface area contributed by atoms with Crippen LogP contribution < -0.4 is 5.32 Å². The predicted molar refractivity (Wildman–Crippen MR) is 76.1 cm³/mol. The van der Waals surface area contributed by atoms with E-state index in [2.05, 4.69) is 22.2 Å². The van der Waals surface area contributed by atoms with Gasteiger partial charge in [0.25, 0.3) is 0 Å². The van der Waals surface area contributed by atoms with E-state index in [0.29, 0.717) is 5.82 Å². The Morgan fingerprint density at radius 3 is 2.68 bits per heavy atom. The van der Waals surface area contributed by atoms with Crippen LogP contribution in [0.4, 0.5) is 5.82 Å². The summed E-state index contributed by atoms with van der Waals surface area (Å²) in [5.74, 6) is 1.25. The molecule has 0 bridgehead atoms. The molecular weight excluding hydrogens is 262 g/mol. The summed E-state index contributed by atoms with van der Waals surface area (Å²) in [5.41, 5.74) is 2.18. The first-order chi connectivity index (χ1) is 8.93. The monoisotopic (exact) mass is 283 g/mol. The van der Waals surface area contributed by atoms with Gasteiger partial charge in [0.05, 0.1) is 0 Å². The van der Waals surface area contributed by atoms with Crippen LogP contribution in [0.5, 0.6) is 0 Å². The molecule has 1 N–H and O–H groups in total. The molecule has 19 heavy (non-hydrogen) atoms. The van der Waals surface area contributed by atoms with Crippen molar-refractivity contribution in [3.63, 3.8) is 0 Å². The molecule has 0 fully saturated rings. The maximum Gasteiger partial charge on any atom is 0.157 e. The molecule has 1 atom stereocenters. The van der Waals surface area contributed by atoms with Crippen LogP contribution in [0.2, 0.25) is 0 Å². The second kappa shape index (κ2) is 5.45. The summed E-state index contributed by atoms with van der Waals surface area (Å²) >= 11 is 0. The third-order valence-corrected chi connectivity index (χ3v) is 4.99. The van der Waals surface area contributed by atoms with E-state index in [0.717, 1.165) is 49.3 Å². The van der Waals surface area contributed by atoms with Crippen molar-refractivity contribution in [3.8, 4) is 0 Å². The van der Waals surface area contributed by atoms with E-state index in [9.17, 15) is 8.42 Å². The van der Waals surface area contributed by atoms with Gasteiger partial charge in [-0.05, 0) is 32.6 Å². The lowest BCUT2D eigenvalue weighted by Crippen LogP contribution is -2.15. The number of sulfone groups is 1. The van der Waals surface area contributed by atoms with E-state index in [1.54, 1.807) is 6.92 Å². The lowest BCUT2D eigenvalue weighted by atomic mass is 10.2. The highest BCUT2D eigenvalue weighted by Crippen LogP contribution is 2.29. The standard InChI is InChI=1S/C13H21N3O2S/c1-4-8-14-13-10-6-5-7-11(10)15-12(16-13)9(2)19(3,17)18/h9H,4-8H2,1-3H3,(H,14,15,16). The van der Waals surface area contributed by atoms with Crippen molar-refractivity contribution in [2.75, 3.05) is 18.1 Å². The SMILES string of the molecule is CCCNc1nc(C(C)S(C)(=O)=O)nc2c1CCC2. The molecule has 1 aliphatic rings. The molecule has 6 heteroatoms. The topological polar surface area (TPSA) is 72.0 Å². The van der Waals surface area contributed by atoms with Crippen molar-refractivity contribution in [3.05, 3.63) is 17.1 Å². The van der Waals surface area contributed by atoms with Gasteiger partial charge >= 0.3 is 0 Å². The normalized spacial score (nSPS) is 16.2. The van der Waals surface area contributed by atoms with E-state index >= 15 is 0 Å². The Bertz CT molecular complexity index is 569. The largest absolute Gasteiger partial charge is 0.370 e. The first kappa shape index (κ1) is 14.2. The Balaban J connectivity index is 2.41. The van der Waals surface area contributed by atoms with Crippen LogP contribution in [0.15, 0.2) is 0 Å². The van der Waals surface area contributed by atoms with E-state index in [4.69, 9.17) is 0 Å². The Labute approximate surface area is 114 Å². The molecule has 0 amide bonds. The number of aryl methyl sites for hydroxylation is 1. The quantitative estimate of drug-likeness (QED) is 0.893. The Kier molecular flexibility index (Phi) is 4.08. The molecule has 2 rings (SSSR count). The van der Waals surface area contributed by atoms with Gasteiger partial charge in [-0.3, -0.25) is 0 Å². The number of hydrogen-bond acceptors (Lipinski definition) is 5. The average molecular weight is 283 g/mol. The first-order valence-corrected chi connectivity index (χ1v) is 8.71. The van der Waals surface area contributed by atoms with Crippen LogP contribution in [0.3, 0.4) is 0 Å². The second-order valence-electron chi connectivity index (χ2n) is 5.11. The van der Waals surface area contributed by atoms with E-state index in [-0.39, 0.29) is 0 Å². The Hall–Kier alpha value is -1.17. The molecular formula is C13H21N3O2S. The Morgan fingerprint density at radius 1 is 1.32 bits per heavy atom. The minimum Gasteiger partial charge on any atom is -0.370 e. The van der Waals surface area contributed by atoms with Crippen molar-refractivity contribution in [2.45, 2.75) is 44.8 Å². The molecule has 1 aliphatic carbocycles. The van der Waals surface area contributed by atoms with Gasteiger partial charge in [0.1, 0.15) is 16.9 Å². The molecule has 1 unspecified atom stereocenters. The molecule has 5 nitrogen and oxygen atoms in total. The fourth-order valence-corrected chi connectivity index (χ4v) is 2.70. The van der Waals surface area contributed by atoms with Gasteiger partial charge in [0.15, 0.2) is 9.84 Å². The van der Waals surface area contributed by atoms with Crippen molar-refractivity contribution >= 4 is 15.7 Å². The van der Waals surface area contributed by atoms with Crippen molar-refractivity contribution < 1.29 is 8.42 Å². The molecule has 0 saturated heterocycles. The van der Waals surface area contributed by atoms with Gasteiger partial charge in [-0.1, -0.05) is 6.92 Å². The summed E-state index contributed by atoms with van der Waals surface area (Å²) in [6, 6.07) is 0. The molecule has 106 valence electrons. The van der Waals surface area contributed by atoms with Crippen LogP contribution in [-0.4, -0.2) is 31.2 Å². The van der Waals surface area contributed by atoms with Crippen LogP contribution in [0.25, 0.3) is 0 Å². The molecule has 0 radical (unpaired) electrons. The van der Waals surface area contributed by atoms with Gasteiger partial charge in [0, 0.05) is 24.1 Å². The zero-order chi connectivity index (χ0) is 14.0. The number of fused-ring (bicyclic) bond motifs is 1.